The molecule has 7 nitrogen and oxygen atoms in total. The van der Waals surface area contributed by atoms with Crippen LogP contribution in [-0.2, 0) is 27.3 Å². The Balaban J connectivity index is 1.79. The highest BCUT2D eigenvalue weighted by molar-refractivity contribution is 7.90. The van der Waals surface area contributed by atoms with Gasteiger partial charge in [-0.3, -0.25) is 0 Å². The van der Waals surface area contributed by atoms with Crippen LogP contribution in [0.1, 0.15) is 29.7 Å². The molecule has 0 aliphatic carbocycles. The van der Waals surface area contributed by atoms with Gasteiger partial charge in [-0.05, 0) is 42.3 Å². The van der Waals surface area contributed by atoms with Crippen LogP contribution in [0, 0.1) is 5.82 Å². The second kappa shape index (κ2) is 8.41. The molecule has 1 aliphatic rings. The van der Waals surface area contributed by atoms with Crippen molar-refractivity contribution >= 4 is 22.0 Å². The van der Waals surface area contributed by atoms with Gasteiger partial charge < -0.3 is 10.1 Å². The second-order valence-electron chi connectivity index (χ2n) is 7.22. The number of rotatable bonds is 4. The molecule has 172 valence electrons. The van der Waals surface area contributed by atoms with Crippen LogP contribution >= 0.6 is 0 Å². The number of nitrogens with one attached hydrogen (secondary N) is 1. The fraction of sp³-hybridized carbons (Fsp3) is 0.300. The third-order valence-electron chi connectivity index (χ3n) is 4.87. The van der Waals surface area contributed by atoms with E-state index in [2.05, 4.69) is 5.32 Å². The first-order valence-electron chi connectivity index (χ1n) is 9.22. The largest absolute Gasteiger partial charge is 0.439 e. The third-order valence-corrected chi connectivity index (χ3v) is 6.06. The lowest BCUT2D eigenvalue weighted by atomic mass is 10.0. The second-order valence-corrected chi connectivity index (χ2v) is 9.21. The van der Waals surface area contributed by atoms with E-state index in [0.29, 0.717) is 17.0 Å². The van der Waals surface area contributed by atoms with Crippen molar-refractivity contribution in [3.05, 3.63) is 65.0 Å². The van der Waals surface area contributed by atoms with Crippen LogP contribution in [0.2, 0.25) is 0 Å². The quantitative estimate of drug-likeness (QED) is 0.676. The van der Waals surface area contributed by atoms with E-state index in [4.69, 9.17) is 4.74 Å². The monoisotopic (exact) mass is 474 g/mol. The molecule has 0 spiro atoms. The Morgan fingerprint density at radius 3 is 2.47 bits per heavy atom. The summed E-state index contributed by atoms with van der Waals surface area (Å²) in [5.74, 6) is -1.17. The van der Waals surface area contributed by atoms with Gasteiger partial charge in [0.2, 0.25) is 0 Å². The van der Waals surface area contributed by atoms with Crippen LogP contribution in [-0.4, -0.2) is 37.7 Å². The number of nitrogens with zero attached hydrogens (tertiary/aromatic N) is 1. The van der Waals surface area contributed by atoms with Crippen molar-refractivity contribution in [1.82, 2.24) is 10.2 Å². The summed E-state index contributed by atoms with van der Waals surface area (Å²) in [5, 5.41) is 2.40. The summed E-state index contributed by atoms with van der Waals surface area (Å²) < 4.78 is 81.5. The zero-order valence-corrected chi connectivity index (χ0v) is 17.6. The fourth-order valence-corrected chi connectivity index (χ4v) is 4.33. The molecule has 1 heterocycles. The Kier molecular flexibility index (Phi) is 6.18. The zero-order chi connectivity index (χ0) is 23.8. The van der Waals surface area contributed by atoms with E-state index in [1.54, 1.807) is 6.07 Å². The first-order valence-corrected chi connectivity index (χ1v) is 11.1. The first-order chi connectivity index (χ1) is 14.8. The zero-order valence-electron chi connectivity index (χ0n) is 16.8. The van der Waals surface area contributed by atoms with E-state index in [0.717, 1.165) is 12.3 Å². The van der Waals surface area contributed by atoms with Gasteiger partial charge in [0.05, 0.1) is 16.5 Å². The number of halogens is 4. The van der Waals surface area contributed by atoms with Gasteiger partial charge in [0.1, 0.15) is 11.9 Å². The molecule has 0 saturated carbocycles. The normalized spacial score (nSPS) is 19.1. The summed E-state index contributed by atoms with van der Waals surface area (Å²) in [6, 6.07) is 5.69. The van der Waals surface area contributed by atoms with Gasteiger partial charge in [-0.1, -0.05) is 18.2 Å². The van der Waals surface area contributed by atoms with Crippen LogP contribution in [0.5, 0.6) is 0 Å². The number of carbonyl (C=O) groups excluding carboxylic acids is 2. The van der Waals surface area contributed by atoms with Crippen molar-refractivity contribution < 1.29 is 40.3 Å². The lowest BCUT2D eigenvalue weighted by Crippen LogP contribution is -2.44. The minimum atomic E-state index is -4.81. The molecule has 0 unspecified atom stereocenters. The van der Waals surface area contributed by atoms with Crippen LogP contribution < -0.4 is 5.32 Å². The number of benzene rings is 2. The van der Waals surface area contributed by atoms with Gasteiger partial charge in [0.15, 0.2) is 9.84 Å². The Hall–Kier alpha value is -3.15. The number of hydrogen-bond donors (Lipinski definition) is 1. The maximum atomic E-state index is 13.8. The number of cyclic esters (lactones) is 1. The molecule has 0 bridgehead atoms. The molecular formula is C20H18F4N2O5S. The van der Waals surface area contributed by atoms with Gasteiger partial charge in [-0.25, -0.2) is 27.3 Å². The Morgan fingerprint density at radius 1 is 1.19 bits per heavy atom. The Morgan fingerprint density at radius 2 is 1.84 bits per heavy atom. The van der Waals surface area contributed by atoms with Crippen molar-refractivity contribution in [2.24, 2.45) is 0 Å². The Labute approximate surface area is 180 Å². The number of hydrogen-bond acceptors (Lipinski definition) is 5. The van der Waals surface area contributed by atoms with Crippen molar-refractivity contribution in [2.75, 3.05) is 6.26 Å². The molecule has 1 saturated heterocycles. The lowest BCUT2D eigenvalue weighted by molar-refractivity contribution is -0.137. The highest BCUT2D eigenvalue weighted by atomic mass is 32.2. The average Bonchev–Trinajstić information content (AvgIpc) is 2.98. The molecule has 1 fully saturated rings. The number of sulfone groups is 1. The standard InChI is InChI=1S/C20H18F4N2O5S/c1-11-17(13-7-14(20(22,23)24)9-15(21)8-13)31-19(28)26(11)18(27)25-10-12-5-3-4-6-16(12)32(2,29)30/h3-9,11,17H,10H2,1-2H3,(H,25,27)/t11-,17-/m0/s1. The van der Waals surface area contributed by atoms with E-state index in [1.807, 2.05) is 0 Å². The summed E-state index contributed by atoms with van der Waals surface area (Å²) in [7, 11) is -3.57. The number of urea groups is 1. The molecule has 2 aromatic rings. The summed E-state index contributed by atoms with van der Waals surface area (Å²) in [5.41, 5.74) is -1.23. The lowest BCUT2D eigenvalue weighted by Gasteiger charge is -2.20. The summed E-state index contributed by atoms with van der Waals surface area (Å²) in [4.78, 5) is 25.5. The molecule has 0 aromatic heterocycles. The molecule has 2 aromatic carbocycles. The molecule has 32 heavy (non-hydrogen) atoms. The number of ether oxygens (including phenoxy) is 1. The van der Waals surface area contributed by atoms with Crippen LogP contribution in [0.25, 0.3) is 0 Å². The molecule has 3 amide bonds. The number of alkyl halides is 3. The van der Waals surface area contributed by atoms with E-state index >= 15 is 0 Å². The molecule has 0 radical (unpaired) electrons. The summed E-state index contributed by atoms with van der Waals surface area (Å²) >= 11 is 0. The van der Waals surface area contributed by atoms with E-state index in [-0.39, 0.29) is 22.6 Å². The molecule has 1 N–H and O–H groups in total. The van der Waals surface area contributed by atoms with Gasteiger partial charge in [-0.2, -0.15) is 13.2 Å². The average molecular weight is 474 g/mol. The van der Waals surface area contributed by atoms with Crippen molar-refractivity contribution in [3.8, 4) is 0 Å². The van der Waals surface area contributed by atoms with Crippen LogP contribution in [0.15, 0.2) is 47.4 Å². The maximum Gasteiger partial charge on any atom is 0.419 e. The predicted molar refractivity (Wildman–Crippen MR) is 104 cm³/mol. The molecule has 3 rings (SSSR count). The summed E-state index contributed by atoms with van der Waals surface area (Å²) in [6.07, 6.45) is -6.26. The maximum absolute atomic E-state index is 13.8. The first kappa shape index (κ1) is 23.5. The number of amides is 3. The van der Waals surface area contributed by atoms with E-state index < -0.39 is 51.7 Å². The number of imide groups is 1. The van der Waals surface area contributed by atoms with Crippen molar-refractivity contribution in [3.63, 3.8) is 0 Å². The smallest absolute Gasteiger partial charge is 0.419 e. The highest BCUT2D eigenvalue weighted by Gasteiger charge is 2.44. The third kappa shape index (κ3) is 4.85. The summed E-state index contributed by atoms with van der Waals surface area (Å²) in [6.45, 7) is 1.12. The van der Waals surface area contributed by atoms with Gasteiger partial charge in [0.25, 0.3) is 0 Å². The molecule has 2 atom stereocenters. The van der Waals surface area contributed by atoms with Gasteiger partial charge >= 0.3 is 18.3 Å². The van der Waals surface area contributed by atoms with E-state index in [9.17, 15) is 35.6 Å². The SMILES string of the molecule is C[C@H]1[C@@H](c2cc(F)cc(C(F)(F)F)c2)OC(=O)N1C(=O)NCc1ccccc1S(C)(=O)=O. The fourth-order valence-electron chi connectivity index (χ4n) is 3.39. The number of carbonyl (C=O) groups is 2. The molecular weight excluding hydrogens is 456 g/mol. The molecule has 12 heteroatoms. The molecule has 1 aliphatic heterocycles. The highest BCUT2D eigenvalue weighted by Crippen LogP contribution is 2.37. The van der Waals surface area contributed by atoms with Gasteiger partial charge in [-0.15, -0.1) is 0 Å². The minimum absolute atomic E-state index is 0.00494. The van der Waals surface area contributed by atoms with Crippen molar-refractivity contribution in [1.29, 1.82) is 0 Å². The topological polar surface area (TPSA) is 92.8 Å². The van der Waals surface area contributed by atoms with Gasteiger partial charge in [0, 0.05) is 12.8 Å². The van der Waals surface area contributed by atoms with E-state index in [1.165, 1.54) is 25.1 Å². The predicted octanol–water partition coefficient (Wildman–Crippen LogP) is 4.04. The minimum Gasteiger partial charge on any atom is -0.439 e. The van der Waals surface area contributed by atoms with Crippen LogP contribution in [0.4, 0.5) is 27.2 Å². The van der Waals surface area contributed by atoms with Crippen LogP contribution in [0.3, 0.4) is 0 Å². The van der Waals surface area contributed by atoms with Crippen molar-refractivity contribution in [2.45, 2.75) is 36.7 Å². The Bertz CT molecular complexity index is 1170.